The predicted octanol–water partition coefficient (Wildman–Crippen LogP) is 5.47. The number of hydrogen-bond acceptors (Lipinski definition) is 4. The molecule has 3 heterocycles. The zero-order valence-corrected chi connectivity index (χ0v) is 22.7. The standard InChI is InChI=1S/C31H28ClN5O3/c1-20-7-11-27-25(15-20)23(10-12-29(38)39)28-13-14-31(17-37(27)28,21-5-3-2-4-6-21)35-30(40)24-9-8-22(16-26(24)32)36-18-33-34-19-36/h2-9,11,15-16,18-19H,10,12-14,17H2,1H3,(H,35,40)(H,38,39). The number of carboxylic acid groups (broad SMARTS) is 1. The van der Waals surface area contributed by atoms with Crippen molar-refractivity contribution in [2.45, 2.75) is 44.7 Å². The van der Waals surface area contributed by atoms with E-state index in [1.807, 2.05) is 43.3 Å². The van der Waals surface area contributed by atoms with E-state index in [2.05, 4.69) is 38.3 Å². The Balaban J connectivity index is 1.40. The molecule has 1 atom stereocenters. The van der Waals surface area contributed by atoms with E-state index in [1.54, 1.807) is 29.4 Å². The first-order valence-electron chi connectivity index (χ1n) is 13.2. The summed E-state index contributed by atoms with van der Waals surface area (Å²) in [7, 11) is 0. The van der Waals surface area contributed by atoms with Crippen molar-refractivity contribution < 1.29 is 14.7 Å². The average molecular weight is 554 g/mol. The Morgan fingerprint density at radius 2 is 1.82 bits per heavy atom. The SMILES string of the molecule is Cc1ccc2c(c1)c(CCC(=O)O)c1n2CC(NC(=O)c2ccc(-n3cnnc3)cc2Cl)(c2ccccc2)CC1. The molecule has 5 aromatic rings. The number of rotatable bonds is 7. The number of carbonyl (C=O) groups is 2. The van der Waals surface area contributed by atoms with E-state index in [4.69, 9.17) is 11.6 Å². The Kier molecular flexibility index (Phi) is 6.64. The molecule has 2 aromatic heterocycles. The molecule has 6 rings (SSSR count). The van der Waals surface area contributed by atoms with Gasteiger partial charge in [0.2, 0.25) is 0 Å². The van der Waals surface area contributed by atoms with Gasteiger partial charge in [-0.1, -0.05) is 53.6 Å². The van der Waals surface area contributed by atoms with Gasteiger partial charge in [-0.15, -0.1) is 10.2 Å². The summed E-state index contributed by atoms with van der Waals surface area (Å²) in [5.74, 6) is -1.07. The van der Waals surface area contributed by atoms with Gasteiger partial charge in [0.25, 0.3) is 5.91 Å². The van der Waals surface area contributed by atoms with Gasteiger partial charge in [0, 0.05) is 28.7 Å². The molecule has 1 aliphatic heterocycles. The minimum absolute atomic E-state index is 0.0737. The normalized spacial score (nSPS) is 16.6. The Bertz CT molecular complexity index is 1730. The highest BCUT2D eigenvalue weighted by Gasteiger charge is 2.40. The van der Waals surface area contributed by atoms with E-state index >= 15 is 0 Å². The maximum absolute atomic E-state index is 13.8. The van der Waals surface area contributed by atoms with E-state index in [0.717, 1.165) is 39.0 Å². The number of hydrogen-bond donors (Lipinski definition) is 2. The lowest BCUT2D eigenvalue weighted by molar-refractivity contribution is -0.136. The van der Waals surface area contributed by atoms with E-state index in [1.165, 1.54) is 0 Å². The zero-order valence-electron chi connectivity index (χ0n) is 22.0. The van der Waals surface area contributed by atoms with E-state index in [-0.39, 0.29) is 12.3 Å². The van der Waals surface area contributed by atoms with Crippen LogP contribution in [0.25, 0.3) is 16.6 Å². The Morgan fingerprint density at radius 3 is 2.55 bits per heavy atom. The zero-order chi connectivity index (χ0) is 27.9. The molecular weight excluding hydrogens is 526 g/mol. The maximum atomic E-state index is 13.8. The number of carboxylic acids is 1. The van der Waals surface area contributed by atoms with Gasteiger partial charge in [0.1, 0.15) is 12.7 Å². The summed E-state index contributed by atoms with van der Waals surface area (Å²) in [5.41, 5.74) is 5.85. The van der Waals surface area contributed by atoms with Gasteiger partial charge >= 0.3 is 5.97 Å². The second kappa shape index (κ2) is 10.3. The summed E-state index contributed by atoms with van der Waals surface area (Å²) in [6.07, 6.45) is 5.04. The molecule has 0 saturated heterocycles. The fourth-order valence-corrected chi connectivity index (χ4v) is 6.14. The first-order valence-corrected chi connectivity index (χ1v) is 13.6. The highest BCUT2D eigenvalue weighted by molar-refractivity contribution is 6.34. The monoisotopic (exact) mass is 553 g/mol. The van der Waals surface area contributed by atoms with Gasteiger partial charge in [-0.05, 0) is 67.6 Å². The highest BCUT2D eigenvalue weighted by Crippen LogP contribution is 2.40. The van der Waals surface area contributed by atoms with Crippen LogP contribution in [0.1, 0.15) is 45.6 Å². The molecule has 3 aromatic carbocycles. The minimum Gasteiger partial charge on any atom is -0.481 e. The van der Waals surface area contributed by atoms with Crippen LogP contribution in [0, 0.1) is 6.92 Å². The van der Waals surface area contributed by atoms with Crippen molar-refractivity contribution in [3.05, 3.63) is 112 Å². The number of fused-ring (bicyclic) bond motifs is 3. The van der Waals surface area contributed by atoms with Gasteiger partial charge in [-0.2, -0.15) is 0 Å². The summed E-state index contributed by atoms with van der Waals surface area (Å²) in [6.45, 7) is 2.56. The van der Waals surface area contributed by atoms with Gasteiger partial charge in [0.05, 0.1) is 22.7 Å². The van der Waals surface area contributed by atoms with Crippen molar-refractivity contribution in [3.63, 3.8) is 0 Å². The highest BCUT2D eigenvalue weighted by atomic mass is 35.5. The summed E-state index contributed by atoms with van der Waals surface area (Å²) in [5, 5.41) is 21.8. The fraction of sp³-hybridized carbons (Fsp3) is 0.226. The lowest BCUT2D eigenvalue weighted by Crippen LogP contribution is -2.51. The van der Waals surface area contributed by atoms with Crippen LogP contribution in [0.2, 0.25) is 5.02 Å². The molecule has 0 radical (unpaired) electrons. The second-order valence-corrected chi connectivity index (χ2v) is 10.8. The minimum atomic E-state index is -0.811. The van der Waals surface area contributed by atoms with Gasteiger partial charge in [-0.25, -0.2) is 0 Å². The number of carbonyl (C=O) groups excluding carboxylic acids is 1. The van der Waals surface area contributed by atoms with Crippen LogP contribution in [0.15, 0.2) is 79.4 Å². The Morgan fingerprint density at radius 1 is 1.05 bits per heavy atom. The number of benzene rings is 3. The molecule has 40 heavy (non-hydrogen) atoms. The first-order chi connectivity index (χ1) is 19.3. The number of nitrogens with one attached hydrogen (secondary N) is 1. The molecule has 1 amide bonds. The number of aliphatic carboxylic acids is 1. The fourth-order valence-electron chi connectivity index (χ4n) is 5.88. The molecule has 0 aliphatic carbocycles. The lowest BCUT2D eigenvalue weighted by Gasteiger charge is -2.40. The molecule has 0 saturated carbocycles. The topological polar surface area (TPSA) is 102 Å². The van der Waals surface area contributed by atoms with E-state index < -0.39 is 11.5 Å². The summed E-state index contributed by atoms with van der Waals surface area (Å²) < 4.78 is 3.99. The van der Waals surface area contributed by atoms with Gasteiger partial charge < -0.3 is 15.0 Å². The van der Waals surface area contributed by atoms with E-state index in [9.17, 15) is 14.7 Å². The van der Waals surface area contributed by atoms with Crippen molar-refractivity contribution in [1.29, 1.82) is 0 Å². The number of aryl methyl sites for hydroxylation is 2. The molecule has 1 aliphatic rings. The van der Waals surface area contributed by atoms with Crippen LogP contribution in [0.3, 0.4) is 0 Å². The predicted molar refractivity (Wildman–Crippen MR) is 153 cm³/mol. The lowest BCUT2D eigenvalue weighted by atomic mass is 9.81. The maximum Gasteiger partial charge on any atom is 0.303 e. The number of nitrogens with zero attached hydrogens (tertiary/aromatic N) is 4. The largest absolute Gasteiger partial charge is 0.481 e. The molecular formula is C31H28ClN5O3. The van der Waals surface area contributed by atoms with Crippen LogP contribution in [-0.4, -0.2) is 36.3 Å². The van der Waals surface area contributed by atoms with Crippen LogP contribution in [0.4, 0.5) is 0 Å². The van der Waals surface area contributed by atoms with Gasteiger partial charge in [-0.3, -0.25) is 14.2 Å². The van der Waals surface area contributed by atoms with Crippen LogP contribution in [-0.2, 0) is 29.7 Å². The third-order valence-electron chi connectivity index (χ3n) is 7.84. The third-order valence-corrected chi connectivity index (χ3v) is 8.15. The third kappa shape index (κ3) is 4.64. The number of aromatic nitrogens is 4. The summed E-state index contributed by atoms with van der Waals surface area (Å²) in [4.78, 5) is 25.3. The van der Waals surface area contributed by atoms with Crippen molar-refractivity contribution in [3.8, 4) is 5.69 Å². The molecule has 2 N–H and O–H groups in total. The van der Waals surface area contributed by atoms with Crippen molar-refractivity contribution in [2.24, 2.45) is 0 Å². The van der Waals surface area contributed by atoms with Crippen LogP contribution < -0.4 is 5.32 Å². The molecule has 0 fully saturated rings. The summed E-state index contributed by atoms with van der Waals surface area (Å²) >= 11 is 6.62. The Hall–Kier alpha value is -4.43. The average Bonchev–Trinajstić information content (AvgIpc) is 3.58. The molecule has 202 valence electrons. The van der Waals surface area contributed by atoms with Crippen molar-refractivity contribution >= 4 is 34.4 Å². The molecule has 0 bridgehead atoms. The number of halogens is 1. The first kappa shape index (κ1) is 25.8. The van der Waals surface area contributed by atoms with E-state index in [0.29, 0.717) is 36.4 Å². The van der Waals surface area contributed by atoms with Gasteiger partial charge in [0.15, 0.2) is 0 Å². The second-order valence-electron chi connectivity index (χ2n) is 10.4. The molecule has 9 heteroatoms. The van der Waals surface area contributed by atoms with Crippen molar-refractivity contribution in [1.82, 2.24) is 24.6 Å². The van der Waals surface area contributed by atoms with Crippen molar-refractivity contribution in [2.75, 3.05) is 0 Å². The molecule has 1 unspecified atom stereocenters. The smallest absolute Gasteiger partial charge is 0.303 e. The molecule has 0 spiro atoms. The summed E-state index contributed by atoms with van der Waals surface area (Å²) in [6, 6.07) is 21.6. The number of amides is 1. The quantitative estimate of drug-likeness (QED) is 0.278. The Labute approximate surface area is 236 Å². The molecule has 8 nitrogen and oxygen atoms in total. The van der Waals surface area contributed by atoms with Crippen LogP contribution >= 0.6 is 11.6 Å². The van der Waals surface area contributed by atoms with Crippen LogP contribution in [0.5, 0.6) is 0 Å².